The number of carbonyl (C=O) groups excluding carboxylic acids is 4. The molecule has 2 fully saturated rings. The van der Waals surface area contributed by atoms with Crippen molar-refractivity contribution in [2.24, 2.45) is 11.8 Å². The molecule has 10 heteroatoms. The van der Waals surface area contributed by atoms with Gasteiger partial charge in [-0.15, -0.1) is 6.58 Å². The molecule has 4 rings (SSSR count). The lowest BCUT2D eigenvalue weighted by molar-refractivity contribution is -0.144. The predicted molar refractivity (Wildman–Crippen MR) is 132 cm³/mol. The molecule has 1 saturated heterocycles. The number of nitrogens with one attached hydrogen (secondary N) is 2. The number of rotatable bonds is 8. The maximum Gasteiger partial charge on any atom is 0.327 e. The van der Waals surface area contributed by atoms with Crippen molar-refractivity contribution >= 4 is 29.4 Å². The minimum atomic E-state index is -0.951. The molecule has 1 saturated carbocycles. The molecule has 5 amide bonds. The zero-order chi connectivity index (χ0) is 26.5. The second-order valence-corrected chi connectivity index (χ2v) is 9.21. The van der Waals surface area contributed by atoms with E-state index < -0.39 is 48.0 Å². The predicted octanol–water partition coefficient (Wildman–Crippen LogP) is 3.45. The number of carbonyl (C=O) groups is 4. The summed E-state index contributed by atoms with van der Waals surface area (Å²) in [5, 5.41) is 5.27. The summed E-state index contributed by atoms with van der Waals surface area (Å²) in [6, 6.07) is 10.8. The Hall–Kier alpha value is -4.08. The fourth-order valence-corrected chi connectivity index (χ4v) is 4.96. The highest BCUT2D eigenvalue weighted by molar-refractivity contribution is 6.02. The lowest BCUT2D eigenvalue weighted by Gasteiger charge is -2.47. The van der Waals surface area contributed by atoms with Crippen LogP contribution in [0, 0.1) is 23.5 Å². The molecular weight excluding hydrogens is 482 g/mol. The van der Waals surface area contributed by atoms with Gasteiger partial charge in [0, 0.05) is 31.1 Å². The third kappa shape index (κ3) is 5.84. The maximum absolute atomic E-state index is 14.0. The van der Waals surface area contributed by atoms with Gasteiger partial charge in [-0.3, -0.25) is 19.3 Å². The summed E-state index contributed by atoms with van der Waals surface area (Å²) in [6.07, 6.45) is 2.47. The van der Waals surface area contributed by atoms with Gasteiger partial charge in [-0.25, -0.2) is 13.6 Å². The zero-order valence-corrected chi connectivity index (χ0v) is 20.2. The van der Waals surface area contributed by atoms with Crippen molar-refractivity contribution in [2.75, 3.05) is 18.4 Å². The second kappa shape index (κ2) is 11.3. The van der Waals surface area contributed by atoms with Gasteiger partial charge in [-0.2, -0.15) is 0 Å². The van der Waals surface area contributed by atoms with Gasteiger partial charge in [0.2, 0.25) is 17.7 Å². The van der Waals surface area contributed by atoms with Gasteiger partial charge in [0.15, 0.2) is 0 Å². The largest absolute Gasteiger partial charge is 0.352 e. The molecule has 1 aliphatic heterocycles. The van der Waals surface area contributed by atoms with Crippen molar-refractivity contribution in [1.82, 2.24) is 15.1 Å². The molecule has 2 aliphatic rings. The number of amides is 5. The van der Waals surface area contributed by atoms with Crippen molar-refractivity contribution in [2.45, 2.75) is 31.8 Å². The van der Waals surface area contributed by atoms with E-state index in [1.165, 1.54) is 11.0 Å². The number of urea groups is 1. The highest BCUT2D eigenvalue weighted by Crippen LogP contribution is 2.37. The number of halogens is 2. The van der Waals surface area contributed by atoms with Crippen molar-refractivity contribution in [3.8, 4) is 0 Å². The molecule has 37 heavy (non-hydrogen) atoms. The van der Waals surface area contributed by atoms with Crippen LogP contribution in [0.4, 0.5) is 19.3 Å². The quantitative estimate of drug-likeness (QED) is 0.532. The number of hydrogen-bond donors (Lipinski definition) is 2. The molecule has 2 aromatic rings. The Balaban J connectivity index is 1.49. The van der Waals surface area contributed by atoms with Crippen LogP contribution >= 0.6 is 0 Å². The van der Waals surface area contributed by atoms with Gasteiger partial charge < -0.3 is 15.5 Å². The fourth-order valence-electron chi connectivity index (χ4n) is 4.96. The first-order valence-corrected chi connectivity index (χ1v) is 12.1. The van der Waals surface area contributed by atoms with Crippen LogP contribution in [0.2, 0.25) is 0 Å². The molecule has 194 valence electrons. The molecule has 3 unspecified atom stereocenters. The highest BCUT2D eigenvalue weighted by atomic mass is 19.1. The van der Waals surface area contributed by atoms with E-state index in [0.717, 1.165) is 22.6 Å². The first-order valence-electron chi connectivity index (χ1n) is 12.1. The molecule has 1 heterocycles. The normalized spacial score (nSPS) is 21.3. The standard InChI is InChI=1S/C27H28F2N4O4/c1-2-12-32-26(36)20-10-8-18(25(35)30-15-17-6-4-3-5-7-17)13-23(20)33(27(32)37)16-24(34)31-22-11-9-19(28)14-21(22)29/h2-7,9,11,14,18,20,23H,1,8,10,12-13,15-16H2,(H,30,35)(H,31,34). The smallest absolute Gasteiger partial charge is 0.327 e. The van der Waals surface area contributed by atoms with Crippen LogP contribution in [0.25, 0.3) is 0 Å². The molecular formula is C27H28F2N4O4. The van der Waals surface area contributed by atoms with E-state index in [1.54, 1.807) is 0 Å². The SMILES string of the molecule is C=CCN1C(=O)C2CCC(C(=O)NCc3ccccc3)CC2N(CC(=O)Nc2ccc(F)cc2F)C1=O. The van der Waals surface area contributed by atoms with Crippen LogP contribution < -0.4 is 10.6 Å². The Morgan fingerprint density at radius 1 is 1.08 bits per heavy atom. The zero-order valence-electron chi connectivity index (χ0n) is 20.2. The van der Waals surface area contributed by atoms with Crippen LogP contribution in [-0.4, -0.2) is 52.7 Å². The van der Waals surface area contributed by atoms with Crippen molar-refractivity contribution in [3.05, 3.63) is 78.4 Å². The average molecular weight is 511 g/mol. The van der Waals surface area contributed by atoms with E-state index >= 15 is 0 Å². The average Bonchev–Trinajstić information content (AvgIpc) is 2.89. The molecule has 0 bridgehead atoms. The van der Waals surface area contributed by atoms with Crippen LogP contribution in [0.15, 0.2) is 61.2 Å². The molecule has 8 nitrogen and oxygen atoms in total. The molecule has 0 aromatic heterocycles. The highest BCUT2D eigenvalue weighted by Gasteiger charge is 2.49. The van der Waals surface area contributed by atoms with Crippen LogP contribution in [0.3, 0.4) is 0 Å². The summed E-state index contributed by atoms with van der Waals surface area (Å²) in [6.45, 7) is 3.47. The Labute approximate surface area is 213 Å². The van der Waals surface area contributed by atoms with E-state index in [9.17, 15) is 28.0 Å². The third-order valence-corrected chi connectivity index (χ3v) is 6.79. The minimum Gasteiger partial charge on any atom is -0.352 e. The van der Waals surface area contributed by atoms with Gasteiger partial charge >= 0.3 is 6.03 Å². The Kier molecular flexibility index (Phi) is 7.95. The van der Waals surface area contributed by atoms with Gasteiger partial charge in [0.05, 0.1) is 11.6 Å². The van der Waals surface area contributed by atoms with Crippen LogP contribution in [0.1, 0.15) is 24.8 Å². The summed E-state index contributed by atoms with van der Waals surface area (Å²) in [5.41, 5.74) is 0.715. The topological polar surface area (TPSA) is 98.8 Å². The molecule has 2 aromatic carbocycles. The first-order chi connectivity index (χ1) is 17.8. The monoisotopic (exact) mass is 510 g/mol. The molecule has 0 radical (unpaired) electrons. The fraction of sp³-hybridized carbons (Fsp3) is 0.333. The van der Waals surface area contributed by atoms with E-state index in [4.69, 9.17) is 0 Å². The lowest BCUT2D eigenvalue weighted by atomic mass is 9.75. The Morgan fingerprint density at radius 3 is 2.54 bits per heavy atom. The van der Waals surface area contributed by atoms with Gasteiger partial charge in [-0.1, -0.05) is 36.4 Å². The third-order valence-electron chi connectivity index (χ3n) is 6.79. The number of anilines is 1. The van der Waals surface area contributed by atoms with E-state index in [1.807, 2.05) is 30.3 Å². The first kappa shape index (κ1) is 26.0. The van der Waals surface area contributed by atoms with Crippen LogP contribution in [-0.2, 0) is 20.9 Å². The Bertz CT molecular complexity index is 1210. The minimum absolute atomic E-state index is 0.0212. The second-order valence-electron chi connectivity index (χ2n) is 9.21. The number of hydrogen-bond acceptors (Lipinski definition) is 4. The lowest BCUT2D eigenvalue weighted by Crippen LogP contribution is -2.64. The van der Waals surface area contributed by atoms with Gasteiger partial charge in [0.1, 0.15) is 18.2 Å². The number of imide groups is 1. The van der Waals surface area contributed by atoms with Gasteiger partial charge in [0.25, 0.3) is 0 Å². The van der Waals surface area contributed by atoms with E-state index in [2.05, 4.69) is 17.2 Å². The Morgan fingerprint density at radius 2 is 1.84 bits per heavy atom. The van der Waals surface area contributed by atoms with E-state index in [-0.39, 0.29) is 30.5 Å². The summed E-state index contributed by atoms with van der Waals surface area (Å²) in [5.74, 6) is -4.02. The summed E-state index contributed by atoms with van der Waals surface area (Å²) in [4.78, 5) is 54.4. The van der Waals surface area contributed by atoms with Gasteiger partial charge in [-0.05, 0) is 37.0 Å². The number of benzene rings is 2. The molecule has 2 N–H and O–H groups in total. The molecule has 0 spiro atoms. The molecule has 3 atom stereocenters. The number of nitrogens with zero attached hydrogens (tertiary/aromatic N) is 2. The summed E-state index contributed by atoms with van der Waals surface area (Å²) in [7, 11) is 0. The van der Waals surface area contributed by atoms with Crippen LogP contribution in [0.5, 0.6) is 0 Å². The number of fused-ring (bicyclic) bond motifs is 1. The molecule has 1 aliphatic carbocycles. The maximum atomic E-state index is 14.0. The van der Waals surface area contributed by atoms with Crippen molar-refractivity contribution < 1.29 is 28.0 Å². The van der Waals surface area contributed by atoms with Crippen molar-refractivity contribution in [1.29, 1.82) is 0 Å². The van der Waals surface area contributed by atoms with Crippen molar-refractivity contribution in [3.63, 3.8) is 0 Å². The summed E-state index contributed by atoms with van der Waals surface area (Å²) < 4.78 is 27.3. The van der Waals surface area contributed by atoms with E-state index in [0.29, 0.717) is 25.5 Å². The summed E-state index contributed by atoms with van der Waals surface area (Å²) >= 11 is 0.